The number of hydrogen-bond donors (Lipinski definition) is 1. The van der Waals surface area contributed by atoms with Gasteiger partial charge in [0.25, 0.3) is 17.9 Å². The van der Waals surface area contributed by atoms with E-state index in [0.29, 0.717) is 57.6 Å². The third-order valence-corrected chi connectivity index (χ3v) is 14.1. The Morgan fingerprint density at radius 3 is 2.40 bits per heavy atom. The molecule has 9 atom stereocenters. The number of halogens is 5. The molecule has 43 heavy (non-hydrogen) atoms. The molecular weight excluding hydrogens is 781 g/mol. The van der Waals surface area contributed by atoms with Gasteiger partial charge in [0, 0.05) is 34.5 Å². The van der Waals surface area contributed by atoms with Gasteiger partial charge in [-0.25, -0.2) is 13.2 Å². The molecule has 3 unspecified atom stereocenters. The Kier molecular flexibility index (Phi) is 7.79. The van der Waals surface area contributed by atoms with Crippen LogP contribution in [0.15, 0.2) is 35.3 Å². The van der Waals surface area contributed by atoms with Crippen molar-refractivity contribution >= 4 is 51.1 Å². The van der Waals surface area contributed by atoms with E-state index in [-0.39, 0.29) is 22.4 Å². The fourth-order valence-corrected chi connectivity index (χ4v) is 11.5. The van der Waals surface area contributed by atoms with Crippen molar-refractivity contribution in [2.75, 3.05) is 20.1 Å². The maximum atomic E-state index is 15.2. The number of likely N-dealkylation sites (tertiary alicyclic amines) is 1. The molecule has 10 heteroatoms. The van der Waals surface area contributed by atoms with Crippen LogP contribution in [-0.2, 0) is 6.42 Å². The van der Waals surface area contributed by atoms with Gasteiger partial charge in [-0.05, 0) is 150 Å². The van der Waals surface area contributed by atoms with Crippen LogP contribution in [-0.4, -0.2) is 39.2 Å². The van der Waals surface area contributed by atoms with E-state index in [1.807, 2.05) is 22.6 Å². The molecule has 1 aliphatic heterocycles. The zero-order chi connectivity index (χ0) is 30.4. The van der Waals surface area contributed by atoms with Crippen LogP contribution in [0, 0.1) is 38.6 Å². The molecule has 1 amide bonds. The number of aromatic nitrogens is 1. The summed E-state index contributed by atoms with van der Waals surface area (Å²) < 4.78 is 42.7. The second kappa shape index (κ2) is 11.0. The molecule has 0 radical (unpaired) electrons. The standard InChI is InChI=1S/C33H38F3I2N3O2/c1-17(22-4-3-5-23(29(22)37)30(34)35)39-31(43)24-16-41(26-8-9-33(26,36)38)27(42)11-20(24)12-32(13-21-10-25(21)32)28-18-6-7-19(28)15-40(2)14-18/h3-5,11,16-19,21,25-26,28,30H,6-10,12-15H2,1-2H3,(H,39,43)/t17-,18-,19+,21?,25?,26-,28-,32-,33?/m1/s1. The number of alkyl halides is 4. The summed E-state index contributed by atoms with van der Waals surface area (Å²) in [6.07, 6.45) is 5.48. The molecule has 1 N–H and O–H groups in total. The molecular formula is C33H38F3I2N3O2. The highest BCUT2D eigenvalue weighted by Crippen LogP contribution is 2.75. The third-order valence-electron chi connectivity index (χ3n) is 11.6. The molecule has 1 aromatic heterocycles. The maximum Gasteiger partial charge on any atom is 0.264 e. The summed E-state index contributed by atoms with van der Waals surface area (Å²) in [6.45, 7) is 4.01. The van der Waals surface area contributed by atoms with Gasteiger partial charge in [0.1, 0.15) is 0 Å². The number of pyridine rings is 1. The van der Waals surface area contributed by atoms with E-state index >= 15 is 4.39 Å². The lowest BCUT2D eigenvalue weighted by atomic mass is 9.53. The molecule has 0 spiro atoms. The summed E-state index contributed by atoms with van der Waals surface area (Å²) in [7, 11) is 2.22. The van der Waals surface area contributed by atoms with Crippen LogP contribution in [0.5, 0.6) is 0 Å². The van der Waals surface area contributed by atoms with Crippen LogP contribution in [0.25, 0.3) is 0 Å². The topological polar surface area (TPSA) is 54.3 Å². The molecule has 4 saturated carbocycles. The average Bonchev–Trinajstić information content (AvgIpc) is 3.54. The molecule has 5 nitrogen and oxygen atoms in total. The quantitative estimate of drug-likeness (QED) is 0.222. The number of carbonyl (C=O) groups excluding carboxylic acids is 1. The lowest BCUT2D eigenvalue weighted by Crippen LogP contribution is -2.53. The Morgan fingerprint density at radius 1 is 1.14 bits per heavy atom. The van der Waals surface area contributed by atoms with Crippen LogP contribution < -0.4 is 10.9 Å². The summed E-state index contributed by atoms with van der Waals surface area (Å²) in [5, 5.41) is 3.05. The van der Waals surface area contributed by atoms with Gasteiger partial charge in [-0.15, -0.1) is 0 Å². The van der Waals surface area contributed by atoms with Crippen LogP contribution in [0.4, 0.5) is 13.2 Å². The first-order valence-corrected chi connectivity index (χ1v) is 17.7. The summed E-state index contributed by atoms with van der Waals surface area (Å²) >= 11 is 3.71. The van der Waals surface area contributed by atoms with Crippen molar-refractivity contribution < 1.29 is 18.0 Å². The third kappa shape index (κ3) is 5.11. The summed E-state index contributed by atoms with van der Waals surface area (Å²) in [6, 6.07) is 5.22. The van der Waals surface area contributed by atoms with Crippen molar-refractivity contribution in [3.63, 3.8) is 0 Å². The maximum absolute atomic E-state index is 15.2. The molecule has 2 aromatic rings. The molecule has 2 bridgehead atoms. The highest BCUT2D eigenvalue weighted by atomic mass is 127. The second-order valence-electron chi connectivity index (χ2n) is 14.1. The Bertz CT molecular complexity index is 1500. The second-order valence-corrected chi connectivity index (χ2v) is 17.0. The van der Waals surface area contributed by atoms with Gasteiger partial charge in [0.2, 0.25) is 0 Å². The Morgan fingerprint density at radius 2 is 1.84 bits per heavy atom. The predicted molar refractivity (Wildman–Crippen MR) is 176 cm³/mol. The number of piperidine rings is 1. The van der Waals surface area contributed by atoms with Crippen LogP contribution in [0.2, 0.25) is 0 Å². The SMILES string of the molecule is C[C@@H](NC(=O)c1cn([C@@H]2CCC2(F)I)c(=O)cc1C[C@@]1([C@@H]2[C@@H]3CC[C@H]2CN(C)C3)CC2CC21)c1cccc(C(F)F)c1I. The molecule has 4 aliphatic carbocycles. The number of nitrogens with zero attached hydrogens (tertiary/aromatic N) is 2. The first-order chi connectivity index (χ1) is 20.4. The lowest BCUT2D eigenvalue weighted by Gasteiger charge is -2.54. The molecule has 1 aromatic carbocycles. The zero-order valence-corrected chi connectivity index (χ0v) is 28.8. The van der Waals surface area contributed by atoms with E-state index in [1.165, 1.54) is 29.9 Å². The number of fused-ring (bicyclic) bond motifs is 3. The van der Waals surface area contributed by atoms with Gasteiger partial charge >= 0.3 is 0 Å². The van der Waals surface area contributed by atoms with Crippen LogP contribution >= 0.6 is 45.2 Å². The van der Waals surface area contributed by atoms with Gasteiger partial charge in [-0.2, -0.15) is 0 Å². The van der Waals surface area contributed by atoms with E-state index in [0.717, 1.165) is 31.0 Å². The van der Waals surface area contributed by atoms with Crippen LogP contribution in [0.1, 0.15) is 91.0 Å². The first-order valence-electron chi connectivity index (χ1n) is 15.6. The van der Waals surface area contributed by atoms with Gasteiger partial charge in [-0.3, -0.25) is 9.59 Å². The molecule has 2 heterocycles. The molecule has 232 valence electrons. The van der Waals surface area contributed by atoms with Crippen molar-refractivity contribution in [1.82, 2.24) is 14.8 Å². The zero-order valence-electron chi connectivity index (χ0n) is 24.5. The van der Waals surface area contributed by atoms with E-state index in [2.05, 4.69) is 17.3 Å². The fourth-order valence-electron chi connectivity index (χ4n) is 9.55. The molecule has 5 fully saturated rings. The van der Waals surface area contributed by atoms with E-state index in [1.54, 1.807) is 53.9 Å². The minimum atomic E-state index is -2.61. The average molecular weight is 819 g/mol. The van der Waals surface area contributed by atoms with Gasteiger partial charge in [-0.1, -0.05) is 18.2 Å². The number of carbonyl (C=O) groups is 1. The van der Waals surface area contributed by atoms with Crippen molar-refractivity contribution in [2.45, 2.75) is 74.1 Å². The minimum Gasteiger partial charge on any atom is -0.345 e. The van der Waals surface area contributed by atoms with Gasteiger partial charge < -0.3 is 14.8 Å². The normalized spacial score (nSPS) is 36.9. The van der Waals surface area contributed by atoms with Crippen molar-refractivity contribution in [3.8, 4) is 0 Å². The van der Waals surface area contributed by atoms with E-state index in [4.69, 9.17) is 0 Å². The van der Waals surface area contributed by atoms with Crippen molar-refractivity contribution in [1.29, 1.82) is 0 Å². The molecule has 7 rings (SSSR count). The highest BCUT2D eigenvalue weighted by Gasteiger charge is 2.69. The Balaban J connectivity index is 1.25. The first kappa shape index (κ1) is 30.5. The number of amides is 1. The predicted octanol–water partition coefficient (Wildman–Crippen LogP) is 7.47. The molecule has 1 saturated heterocycles. The summed E-state index contributed by atoms with van der Waals surface area (Å²) in [5.41, 5.74) is 1.57. The van der Waals surface area contributed by atoms with Crippen LogP contribution in [0.3, 0.4) is 0 Å². The number of benzene rings is 1. The van der Waals surface area contributed by atoms with Gasteiger partial charge in [0.05, 0.1) is 17.6 Å². The van der Waals surface area contributed by atoms with E-state index < -0.39 is 22.2 Å². The summed E-state index contributed by atoms with van der Waals surface area (Å²) in [4.78, 5) is 30.1. The van der Waals surface area contributed by atoms with E-state index in [9.17, 15) is 18.4 Å². The van der Waals surface area contributed by atoms with Gasteiger partial charge in [0.15, 0.2) is 3.68 Å². The summed E-state index contributed by atoms with van der Waals surface area (Å²) in [5.74, 6) is 2.96. The largest absolute Gasteiger partial charge is 0.345 e. The fraction of sp³-hybridized carbons (Fsp3) is 0.636. The number of nitrogens with one attached hydrogen (secondary N) is 1. The number of rotatable bonds is 8. The monoisotopic (exact) mass is 819 g/mol. The minimum absolute atomic E-state index is 0.0570. The van der Waals surface area contributed by atoms with Crippen molar-refractivity contribution in [3.05, 3.63) is 66.6 Å². The molecule has 5 aliphatic rings. The number of hydrogen-bond acceptors (Lipinski definition) is 3. The highest BCUT2D eigenvalue weighted by molar-refractivity contribution is 14.1. The van der Waals surface area contributed by atoms with Crippen molar-refractivity contribution in [2.24, 2.45) is 35.0 Å². The Labute approximate surface area is 278 Å². The Hall–Kier alpha value is -1.15. The lowest BCUT2D eigenvalue weighted by molar-refractivity contribution is -0.0465. The smallest absolute Gasteiger partial charge is 0.264 e.